The summed E-state index contributed by atoms with van der Waals surface area (Å²) in [5.74, 6) is 0. The lowest BCUT2D eigenvalue weighted by molar-refractivity contribution is 0.202. The van der Waals surface area contributed by atoms with Crippen molar-refractivity contribution in [2.24, 2.45) is 0 Å². The third-order valence-electron chi connectivity index (χ3n) is 2.89. The molecule has 0 saturated heterocycles. The fourth-order valence-corrected chi connectivity index (χ4v) is 2.98. The maximum Gasteiger partial charge on any atom is 0.185 e. The van der Waals surface area contributed by atoms with Crippen LogP contribution in [0.5, 0.6) is 0 Å². The van der Waals surface area contributed by atoms with Crippen molar-refractivity contribution in [3.8, 4) is 0 Å². The molecule has 0 aliphatic carbocycles. The number of rotatable bonds is 7. The Balaban J connectivity index is 2.67. The molecular formula is C13H25N3OS. The number of thiazole rings is 1. The Morgan fingerprint density at radius 2 is 2.00 bits per heavy atom. The highest BCUT2D eigenvalue weighted by atomic mass is 32.1. The molecule has 0 fully saturated rings. The first-order valence-electron chi connectivity index (χ1n) is 6.50. The summed E-state index contributed by atoms with van der Waals surface area (Å²) in [6.45, 7) is 8.97. The Morgan fingerprint density at radius 3 is 2.44 bits per heavy atom. The molecule has 0 saturated carbocycles. The first-order chi connectivity index (χ1) is 8.45. The van der Waals surface area contributed by atoms with E-state index in [0.29, 0.717) is 0 Å². The number of aryl methyl sites for hydroxylation is 1. The lowest BCUT2D eigenvalue weighted by Crippen LogP contribution is -2.26. The molecule has 0 aliphatic heterocycles. The SMILES string of the molecule is CCN(CCCN(C)C)c1nc(C)c(C(C)O)s1. The summed E-state index contributed by atoms with van der Waals surface area (Å²) in [4.78, 5) is 10.0. The van der Waals surface area contributed by atoms with E-state index < -0.39 is 6.10 Å². The van der Waals surface area contributed by atoms with Crippen LogP contribution in [0.4, 0.5) is 5.13 Å². The zero-order valence-electron chi connectivity index (χ0n) is 12.1. The van der Waals surface area contributed by atoms with Crippen molar-refractivity contribution in [3.05, 3.63) is 10.6 Å². The van der Waals surface area contributed by atoms with Gasteiger partial charge in [0.2, 0.25) is 0 Å². The molecule has 1 aromatic heterocycles. The minimum absolute atomic E-state index is 0.420. The third kappa shape index (κ3) is 4.23. The highest BCUT2D eigenvalue weighted by Crippen LogP contribution is 2.30. The fraction of sp³-hybridized carbons (Fsp3) is 0.769. The van der Waals surface area contributed by atoms with Crippen LogP contribution < -0.4 is 4.90 Å². The molecule has 0 aliphatic rings. The van der Waals surface area contributed by atoms with E-state index in [1.54, 1.807) is 18.3 Å². The van der Waals surface area contributed by atoms with E-state index in [1.165, 1.54) is 0 Å². The number of hydrogen-bond acceptors (Lipinski definition) is 5. The van der Waals surface area contributed by atoms with Crippen LogP contribution in [0, 0.1) is 6.92 Å². The van der Waals surface area contributed by atoms with Crippen LogP contribution in [0.1, 0.15) is 36.9 Å². The average molecular weight is 271 g/mol. The van der Waals surface area contributed by atoms with Crippen molar-refractivity contribution in [2.75, 3.05) is 38.6 Å². The molecule has 1 aromatic rings. The standard InChI is InChI=1S/C13H25N3OS/c1-6-16(9-7-8-15(4)5)13-14-10(2)12(18-13)11(3)17/h11,17H,6-9H2,1-5H3. The summed E-state index contributed by atoms with van der Waals surface area (Å²) in [6, 6.07) is 0. The van der Waals surface area contributed by atoms with Crippen LogP contribution in [-0.2, 0) is 0 Å². The fourth-order valence-electron chi connectivity index (χ4n) is 1.88. The van der Waals surface area contributed by atoms with Gasteiger partial charge >= 0.3 is 0 Å². The Kier molecular flexibility index (Phi) is 6.05. The lowest BCUT2D eigenvalue weighted by atomic mass is 10.3. The summed E-state index contributed by atoms with van der Waals surface area (Å²) >= 11 is 1.61. The first-order valence-corrected chi connectivity index (χ1v) is 7.32. The first kappa shape index (κ1) is 15.4. The molecule has 18 heavy (non-hydrogen) atoms. The summed E-state index contributed by atoms with van der Waals surface area (Å²) in [5, 5.41) is 10.7. The zero-order chi connectivity index (χ0) is 13.7. The Labute approximate surface area is 114 Å². The third-order valence-corrected chi connectivity index (χ3v) is 4.27. The normalized spacial score (nSPS) is 13.1. The van der Waals surface area contributed by atoms with Gasteiger partial charge < -0.3 is 14.9 Å². The lowest BCUT2D eigenvalue weighted by Gasteiger charge is -2.20. The maximum absolute atomic E-state index is 9.67. The van der Waals surface area contributed by atoms with Gasteiger partial charge in [-0.3, -0.25) is 0 Å². The van der Waals surface area contributed by atoms with Crippen molar-refractivity contribution in [3.63, 3.8) is 0 Å². The predicted molar refractivity (Wildman–Crippen MR) is 78.5 cm³/mol. The van der Waals surface area contributed by atoms with Gasteiger partial charge in [-0.25, -0.2) is 4.98 Å². The van der Waals surface area contributed by atoms with Crippen LogP contribution in [-0.4, -0.2) is 48.7 Å². The van der Waals surface area contributed by atoms with E-state index >= 15 is 0 Å². The zero-order valence-corrected chi connectivity index (χ0v) is 12.9. The van der Waals surface area contributed by atoms with Crippen molar-refractivity contribution in [2.45, 2.75) is 33.3 Å². The van der Waals surface area contributed by atoms with Gasteiger partial charge in [0.25, 0.3) is 0 Å². The molecule has 104 valence electrons. The topological polar surface area (TPSA) is 39.6 Å². The number of hydrogen-bond donors (Lipinski definition) is 1. The smallest absolute Gasteiger partial charge is 0.185 e. The van der Waals surface area contributed by atoms with E-state index in [-0.39, 0.29) is 0 Å². The number of aliphatic hydroxyl groups excluding tert-OH is 1. The predicted octanol–water partition coefficient (Wildman–Crippen LogP) is 2.28. The van der Waals surface area contributed by atoms with Crippen molar-refractivity contribution >= 4 is 16.5 Å². The van der Waals surface area contributed by atoms with Gasteiger partial charge in [0.05, 0.1) is 16.7 Å². The molecule has 0 radical (unpaired) electrons. The molecule has 1 atom stereocenters. The molecule has 0 amide bonds. The maximum atomic E-state index is 9.67. The van der Waals surface area contributed by atoms with E-state index in [2.05, 4.69) is 35.8 Å². The average Bonchev–Trinajstić information content (AvgIpc) is 2.66. The molecule has 1 N–H and O–H groups in total. The van der Waals surface area contributed by atoms with Gasteiger partial charge in [-0.2, -0.15) is 0 Å². The van der Waals surface area contributed by atoms with Crippen LogP contribution in [0.15, 0.2) is 0 Å². The molecule has 4 nitrogen and oxygen atoms in total. The number of nitrogens with zero attached hydrogens (tertiary/aromatic N) is 3. The van der Waals surface area contributed by atoms with Crippen molar-refractivity contribution < 1.29 is 5.11 Å². The van der Waals surface area contributed by atoms with Gasteiger partial charge in [0, 0.05) is 13.1 Å². The van der Waals surface area contributed by atoms with Crippen LogP contribution in [0.3, 0.4) is 0 Å². The summed E-state index contributed by atoms with van der Waals surface area (Å²) in [7, 11) is 4.19. The van der Waals surface area contributed by atoms with Crippen LogP contribution in [0.25, 0.3) is 0 Å². The molecule has 5 heteroatoms. The quantitative estimate of drug-likeness (QED) is 0.826. The summed E-state index contributed by atoms with van der Waals surface area (Å²) in [5.41, 5.74) is 0.955. The molecule has 0 spiro atoms. The monoisotopic (exact) mass is 271 g/mol. The largest absolute Gasteiger partial charge is 0.388 e. The molecular weight excluding hydrogens is 246 g/mol. The number of aliphatic hydroxyl groups is 1. The van der Waals surface area contributed by atoms with Gasteiger partial charge in [0.15, 0.2) is 5.13 Å². The minimum Gasteiger partial charge on any atom is -0.388 e. The minimum atomic E-state index is -0.420. The highest BCUT2D eigenvalue weighted by molar-refractivity contribution is 7.15. The molecule has 0 aromatic carbocycles. The van der Waals surface area contributed by atoms with E-state index in [9.17, 15) is 5.11 Å². The number of anilines is 1. The Morgan fingerprint density at radius 1 is 1.33 bits per heavy atom. The van der Waals surface area contributed by atoms with E-state index in [1.807, 2.05) is 6.92 Å². The summed E-state index contributed by atoms with van der Waals surface area (Å²) < 4.78 is 0. The van der Waals surface area contributed by atoms with Crippen molar-refractivity contribution in [1.82, 2.24) is 9.88 Å². The second kappa shape index (κ2) is 7.07. The Bertz CT molecular complexity index is 363. The second-order valence-electron chi connectivity index (χ2n) is 4.86. The second-order valence-corrected chi connectivity index (χ2v) is 5.87. The molecule has 1 heterocycles. The van der Waals surface area contributed by atoms with Gasteiger partial charge in [-0.1, -0.05) is 11.3 Å². The number of aromatic nitrogens is 1. The molecule has 0 bridgehead atoms. The Hall–Kier alpha value is -0.650. The van der Waals surface area contributed by atoms with Gasteiger partial charge in [0.1, 0.15) is 0 Å². The highest BCUT2D eigenvalue weighted by Gasteiger charge is 2.15. The molecule has 1 unspecified atom stereocenters. The van der Waals surface area contributed by atoms with E-state index in [4.69, 9.17) is 0 Å². The van der Waals surface area contributed by atoms with Gasteiger partial charge in [-0.15, -0.1) is 0 Å². The summed E-state index contributed by atoms with van der Waals surface area (Å²) in [6.07, 6.45) is 0.709. The van der Waals surface area contributed by atoms with Gasteiger partial charge in [-0.05, 0) is 47.8 Å². The van der Waals surface area contributed by atoms with E-state index in [0.717, 1.165) is 41.8 Å². The molecule has 1 rings (SSSR count). The van der Waals surface area contributed by atoms with Crippen molar-refractivity contribution in [1.29, 1.82) is 0 Å². The van der Waals surface area contributed by atoms with Crippen LogP contribution >= 0.6 is 11.3 Å². The van der Waals surface area contributed by atoms with Crippen LogP contribution in [0.2, 0.25) is 0 Å².